The standard InChI is InChI=1S/C21H17ClFN3O/c22-17-6-3-7-18(23)20(17)21(27)25-16-8-9-19(24-12-16)26-11-10-14-4-1-2-5-15(14)13-26/h1-9,12H,10-11,13H2,(H,25,27). The zero-order chi connectivity index (χ0) is 18.8. The number of rotatable bonds is 3. The van der Waals surface area contributed by atoms with E-state index in [9.17, 15) is 9.18 Å². The van der Waals surface area contributed by atoms with Crippen LogP contribution in [0.4, 0.5) is 15.9 Å². The number of anilines is 2. The van der Waals surface area contributed by atoms with Crippen molar-refractivity contribution >= 4 is 29.0 Å². The highest BCUT2D eigenvalue weighted by Crippen LogP contribution is 2.24. The fraction of sp³-hybridized carbons (Fsp3) is 0.143. The Morgan fingerprint density at radius 2 is 1.89 bits per heavy atom. The van der Waals surface area contributed by atoms with Gasteiger partial charge in [-0.25, -0.2) is 9.37 Å². The lowest BCUT2D eigenvalue weighted by Gasteiger charge is -2.29. The van der Waals surface area contributed by atoms with Crippen LogP contribution in [0.5, 0.6) is 0 Å². The lowest BCUT2D eigenvalue weighted by molar-refractivity contribution is 0.102. The molecule has 1 N–H and O–H groups in total. The first kappa shape index (κ1) is 17.5. The van der Waals surface area contributed by atoms with Crippen LogP contribution in [0.2, 0.25) is 5.02 Å². The topological polar surface area (TPSA) is 45.2 Å². The van der Waals surface area contributed by atoms with E-state index in [2.05, 4.69) is 33.4 Å². The van der Waals surface area contributed by atoms with E-state index in [4.69, 9.17) is 11.6 Å². The van der Waals surface area contributed by atoms with E-state index in [1.165, 1.54) is 29.3 Å². The zero-order valence-electron chi connectivity index (χ0n) is 14.5. The minimum absolute atomic E-state index is 0.0732. The molecule has 2 aromatic carbocycles. The van der Waals surface area contributed by atoms with Gasteiger partial charge in [-0.3, -0.25) is 4.79 Å². The van der Waals surface area contributed by atoms with Gasteiger partial charge >= 0.3 is 0 Å². The van der Waals surface area contributed by atoms with E-state index in [0.29, 0.717) is 5.69 Å². The molecule has 0 atom stereocenters. The van der Waals surface area contributed by atoms with Crippen LogP contribution in [0, 0.1) is 5.82 Å². The highest BCUT2D eigenvalue weighted by molar-refractivity contribution is 6.34. The van der Waals surface area contributed by atoms with Crippen molar-refractivity contribution in [1.29, 1.82) is 0 Å². The molecule has 27 heavy (non-hydrogen) atoms. The largest absolute Gasteiger partial charge is 0.352 e. The lowest BCUT2D eigenvalue weighted by atomic mass is 10.00. The van der Waals surface area contributed by atoms with Gasteiger partial charge in [-0.15, -0.1) is 0 Å². The Bertz CT molecular complexity index is 971. The van der Waals surface area contributed by atoms with Gasteiger partial charge in [0.05, 0.1) is 22.5 Å². The second-order valence-electron chi connectivity index (χ2n) is 6.40. The van der Waals surface area contributed by atoms with Gasteiger partial charge in [-0.05, 0) is 41.8 Å². The normalized spacial score (nSPS) is 13.2. The molecule has 0 saturated heterocycles. The number of hydrogen-bond donors (Lipinski definition) is 1. The van der Waals surface area contributed by atoms with Crippen LogP contribution in [-0.4, -0.2) is 17.4 Å². The Kier molecular flexibility index (Phi) is 4.77. The maximum absolute atomic E-state index is 13.9. The highest BCUT2D eigenvalue weighted by atomic mass is 35.5. The molecule has 3 aromatic rings. The molecule has 0 radical (unpaired) electrons. The molecule has 0 saturated carbocycles. The number of carbonyl (C=O) groups is 1. The summed E-state index contributed by atoms with van der Waals surface area (Å²) in [5.41, 5.74) is 2.99. The van der Waals surface area contributed by atoms with Crippen LogP contribution < -0.4 is 10.2 Å². The van der Waals surface area contributed by atoms with Gasteiger partial charge in [0.15, 0.2) is 0 Å². The molecule has 0 unspecified atom stereocenters. The molecule has 0 spiro atoms. The van der Waals surface area contributed by atoms with Crippen LogP contribution in [0.1, 0.15) is 21.5 Å². The van der Waals surface area contributed by atoms with Gasteiger partial charge in [0.25, 0.3) is 5.91 Å². The number of aromatic nitrogens is 1. The first-order valence-electron chi connectivity index (χ1n) is 8.65. The zero-order valence-corrected chi connectivity index (χ0v) is 15.2. The Morgan fingerprint density at radius 3 is 2.63 bits per heavy atom. The minimum atomic E-state index is -0.656. The van der Waals surface area contributed by atoms with Crippen LogP contribution in [-0.2, 0) is 13.0 Å². The number of nitrogens with one attached hydrogen (secondary N) is 1. The summed E-state index contributed by atoms with van der Waals surface area (Å²) >= 11 is 5.94. The van der Waals surface area contributed by atoms with Crippen molar-refractivity contribution < 1.29 is 9.18 Å². The van der Waals surface area contributed by atoms with Crippen LogP contribution in [0.25, 0.3) is 0 Å². The van der Waals surface area contributed by atoms with E-state index in [1.54, 1.807) is 12.3 Å². The molecule has 136 valence electrons. The monoisotopic (exact) mass is 381 g/mol. The van der Waals surface area contributed by atoms with Crippen molar-refractivity contribution in [3.63, 3.8) is 0 Å². The maximum Gasteiger partial charge on any atom is 0.260 e. The summed E-state index contributed by atoms with van der Waals surface area (Å²) in [5, 5.41) is 2.71. The fourth-order valence-electron chi connectivity index (χ4n) is 3.25. The number of hydrogen-bond acceptors (Lipinski definition) is 3. The third-order valence-electron chi connectivity index (χ3n) is 4.65. The Hall–Kier alpha value is -2.92. The number of fused-ring (bicyclic) bond motifs is 1. The molecule has 1 aliphatic rings. The number of halogens is 2. The SMILES string of the molecule is O=C(Nc1ccc(N2CCc3ccccc3C2)nc1)c1c(F)cccc1Cl. The fourth-order valence-corrected chi connectivity index (χ4v) is 3.50. The summed E-state index contributed by atoms with van der Waals surface area (Å²) < 4.78 is 13.9. The summed E-state index contributed by atoms with van der Waals surface area (Å²) in [6, 6.07) is 16.2. The molecular weight excluding hydrogens is 365 g/mol. The van der Waals surface area contributed by atoms with Gasteiger partial charge in [-0.2, -0.15) is 0 Å². The number of nitrogens with zero attached hydrogens (tertiary/aromatic N) is 2. The molecule has 1 aromatic heterocycles. The second-order valence-corrected chi connectivity index (χ2v) is 6.80. The van der Waals surface area contributed by atoms with Gasteiger partial charge in [0.2, 0.25) is 0 Å². The van der Waals surface area contributed by atoms with Crippen molar-refractivity contribution in [3.8, 4) is 0 Å². The first-order valence-corrected chi connectivity index (χ1v) is 9.03. The summed E-state index contributed by atoms with van der Waals surface area (Å²) in [5.74, 6) is -0.414. The van der Waals surface area contributed by atoms with Gasteiger partial charge in [0.1, 0.15) is 11.6 Å². The summed E-state index contributed by atoms with van der Waals surface area (Å²) in [4.78, 5) is 19.0. The average molecular weight is 382 g/mol. The smallest absolute Gasteiger partial charge is 0.260 e. The third kappa shape index (κ3) is 3.64. The van der Waals surface area contributed by atoms with Crippen molar-refractivity contribution in [3.05, 3.63) is 88.3 Å². The number of amides is 1. The van der Waals surface area contributed by atoms with Crippen molar-refractivity contribution in [2.45, 2.75) is 13.0 Å². The van der Waals surface area contributed by atoms with E-state index >= 15 is 0 Å². The molecule has 1 aliphatic heterocycles. The molecule has 0 aliphatic carbocycles. The van der Waals surface area contributed by atoms with Crippen LogP contribution in [0.3, 0.4) is 0 Å². The summed E-state index contributed by atoms with van der Waals surface area (Å²) in [6.45, 7) is 1.69. The predicted molar refractivity (Wildman–Crippen MR) is 105 cm³/mol. The van der Waals surface area contributed by atoms with Crippen molar-refractivity contribution in [2.24, 2.45) is 0 Å². The van der Waals surface area contributed by atoms with Gasteiger partial charge in [0, 0.05) is 13.1 Å². The molecule has 4 nitrogen and oxygen atoms in total. The maximum atomic E-state index is 13.9. The van der Waals surface area contributed by atoms with Crippen LogP contribution >= 0.6 is 11.6 Å². The first-order chi connectivity index (χ1) is 13.1. The van der Waals surface area contributed by atoms with Crippen molar-refractivity contribution in [1.82, 2.24) is 4.98 Å². The Balaban J connectivity index is 1.48. The average Bonchev–Trinajstić information content (AvgIpc) is 2.68. The van der Waals surface area contributed by atoms with Gasteiger partial charge in [-0.1, -0.05) is 41.9 Å². The Labute approximate surface area is 161 Å². The molecule has 0 fully saturated rings. The highest BCUT2D eigenvalue weighted by Gasteiger charge is 2.18. The van der Waals surface area contributed by atoms with Crippen molar-refractivity contribution in [2.75, 3.05) is 16.8 Å². The molecule has 4 rings (SSSR count). The number of carbonyl (C=O) groups excluding carboxylic acids is 1. The minimum Gasteiger partial charge on any atom is -0.352 e. The Morgan fingerprint density at radius 1 is 1.07 bits per heavy atom. The van der Waals surface area contributed by atoms with E-state index < -0.39 is 11.7 Å². The predicted octanol–water partition coefficient (Wildman–Crippen LogP) is 4.69. The summed E-state index contributed by atoms with van der Waals surface area (Å²) in [6.07, 6.45) is 2.55. The number of benzene rings is 2. The molecule has 6 heteroatoms. The van der Waals surface area contributed by atoms with E-state index in [0.717, 1.165) is 25.3 Å². The number of pyridine rings is 1. The second kappa shape index (κ2) is 7.37. The summed E-state index contributed by atoms with van der Waals surface area (Å²) in [7, 11) is 0. The van der Waals surface area contributed by atoms with Gasteiger partial charge < -0.3 is 10.2 Å². The molecule has 2 heterocycles. The third-order valence-corrected chi connectivity index (χ3v) is 4.97. The van der Waals surface area contributed by atoms with E-state index in [1.807, 2.05) is 12.1 Å². The molecular formula is C21H17ClFN3O. The quantitative estimate of drug-likeness (QED) is 0.716. The van der Waals surface area contributed by atoms with Crippen LogP contribution in [0.15, 0.2) is 60.8 Å². The molecule has 0 bridgehead atoms. The molecule has 1 amide bonds. The van der Waals surface area contributed by atoms with E-state index in [-0.39, 0.29) is 10.6 Å². The lowest BCUT2D eigenvalue weighted by Crippen LogP contribution is -2.30.